The van der Waals surface area contributed by atoms with E-state index in [0.29, 0.717) is 5.56 Å². The molecule has 0 saturated heterocycles. The van der Waals surface area contributed by atoms with Crippen LogP contribution in [0.3, 0.4) is 0 Å². The number of hydrogen-bond acceptors (Lipinski definition) is 2. The molecule has 1 heterocycles. The van der Waals surface area contributed by atoms with Crippen molar-refractivity contribution in [2.75, 3.05) is 6.26 Å². The lowest BCUT2D eigenvalue weighted by atomic mass is 10.00. The summed E-state index contributed by atoms with van der Waals surface area (Å²) in [4.78, 5) is 6.01. The fraction of sp³-hybridized carbons (Fsp3) is 0.0952. The Morgan fingerprint density at radius 1 is 0.917 bits per heavy atom. The van der Waals surface area contributed by atoms with Gasteiger partial charge >= 0.3 is 0 Å². The van der Waals surface area contributed by atoms with Crippen LogP contribution in [0.5, 0.6) is 0 Å². The minimum Gasteiger partial charge on any atom is -0.252 e. The highest BCUT2D eigenvalue weighted by molar-refractivity contribution is 7.98. The number of nitrogens with zero attached hydrogens (tertiary/aromatic N) is 1. The quantitative estimate of drug-likeness (QED) is 0.544. The lowest BCUT2D eigenvalue weighted by Crippen LogP contribution is -2.00. The van der Waals surface area contributed by atoms with E-state index in [1.54, 1.807) is 23.9 Å². The second-order valence-electron chi connectivity index (χ2n) is 5.79. The van der Waals surface area contributed by atoms with E-state index in [4.69, 9.17) is 4.99 Å². The van der Waals surface area contributed by atoms with Gasteiger partial charge in [-0.05, 0) is 47.2 Å². The molecule has 0 aliphatic carbocycles. The number of rotatable bonds is 3. The first-order chi connectivity index (χ1) is 11.7. The maximum Gasteiger partial charge on any atom is 0.131 e. The molecule has 0 fully saturated rings. The van der Waals surface area contributed by atoms with Crippen molar-refractivity contribution in [3.63, 3.8) is 0 Å². The third-order valence-electron chi connectivity index (χ3n) is 4.30. The summed E-state index contributed by atoms with van der Waals surface area (Å²) in [6, 6.07) is 21.3. The van der Waals surface area contributed by atoms with Gasteiger partial charge in [0.1, 0.15) is 5.82 Å². The molecule has 0 radical (unpaired) electrons. The lowest BCUT2D eigenvalue weighted by molar-refractivity contribution is 0.631. The topological polar surface area (TPSA) is 12.4 Å². The molecule has 1 nitrogen and oxygen atoms in total. The molecule has 24 heavy (non-hydrogen) atoms. The van der Waals surface area contributed by atoms with Crippen molar-refractivity contribution in [3.8, 4) is 11.1 Å². The molecule has 3 aromatic carbocycles. The maximum absolute atomic E-state index is 13.9. The van der Waals surface area contributed by atoms with Crippen LogP contribution in [0.25, 0.3) is 11.1 Å². The standard InChI is InChI=1S/C21H16FNS/c1-24-17-10-11-20-16(12-17)13-21(23-20)15-8-6-14(7-9-15)18-4-2-3-5-19(18)22/h2-12H,13H2,1H3. The van der Waals surface area contributed by atoms with Crippen LogP contribution < -0.4 is 0 Å². The zero-order chi connectivity index (χ0) is 16.5. The van der Waals surface area contributed by atoms with Crippen LogP contribution in [0, 0.1) is 5.82 Å². The Kier molecular flexibility index (Phi) is 3.95. The van der Waals surface area contributed by atoms with Crippen molar-refractivity contribution in [2.24, 2.45) is 4.99 Å². The Bertz CT molecular complexity index is 929. The minimum atomic E-state index is -0.194. The highest BCUT2D eigenvalue weighted by Gasteiger charge is 2.16. The SMILES string of the molecule is CSc1ccc2c(c1)CC(c1ccc(-c3ccccc3F)cc1)=N2. The van der Waals surface area contributed by atoms with Crippen LogP contribution >= 0.6 is 11.8 Å². The van der Waals surface area contributed by atoms with Gasteiger partial charge in [-0.2, -0.15) is 0 Å². The number of thioether (sulfide) groups is 1. The van der Waals surface area contributed by atoms with E-state index in [9.17, 15) is 4.39 Å². The molecule has 0 spiro atoms. The monoisotopic (exact) mass is 333 g/mol. The van der Waals surface area contributed by atoms with Crippen LogP contribution in [0.4, 0.5) is 10.1 Å². The van der Waals surface area contributed by atoms with Gasteiger partial charge in [-0.3, -0.25) is 4.99 Å². The minimum absolute atomic E-state index is 0.194. The van der Waals surface area contributed by atoms with Crippen molar-refractivity contribution in [3.05, 3.63) is 83.7 Å². The Labute approximate surface area is 145 Å². The number of hydrogen-bond donors (Lipinski definition) is 0. The Balaban J connectivity index is 1.62. The fourth-order valence-electron chi connectivity index (χ4n) is 3.01. The Morgan fingerprint density at radius 2 is 1.67 bits per heavy atom. The number of aliphatic imine (C=N–C) groups is 1. The van der Waals surface area contributed by atoms with Crippen molar-refractivity contribution >= 4 is 23.2 Å². The summed E-state index contributed by atoms with van der Waals surface area (Å²) in [7, 11) is 0. The van der Waals surface area contributed by atoms with Crippen LogP contribution in [0.15, 0.2) is 76.6 Å². The highest BCUT2D eigenvalue weighted by Crippen LogP contribution is 2.32. The molecular formula is C21H16FNS. The van der Waals surface area contributed by atoms with Gasteiger partial charge in [-0.25, -0.2) is 4.39 Å². The first kappa shape index (κ1) is 15.2. The van der Waals surface area contributed by atoms with Crippen LogP contribution in [-0.2, 0) is 6.42 Å². The summed E-state index contributed by atoms with van der Waals surface area (Å²) in [5, 5.41) is 0. The predicted octanol–water partition coefficient (Wildman–Crippen LogP) is 5.89. The number of benzene rings is 3. The molecule has 118 valence electrons. The molecule has 1 aliphatic rings. The third kappa shape index (κ3) is 2.76. The normalized spacial score (nSPS) is 12.8. The average Bonchev–Trinajstić information content (AvgIpc) is 3.05. The molecule has 3 aromatic rings. The molecule has 0 saturated carbocycles. The molecule has 3 heteroatoms. The summed E-state index contributed by atoms with van der Waals surface area (Å²) < 4.78 is 13.9. The predicted molar refractivity (Wildman–Crippen MR) is 100.0 cm³/mol. The maximum atomic E-state index is 13.9. The largest absolute Gasteiger partial charge is 0.252 e. The summed E-state index contributed by atoms with van der Waals surface area (Å²) in [5.41, 5.74) is 6.01. The molecule has 1 aliphatic heterocycles. The van der Waals surface area contributed by atoms with Gasteiger partial charge in [0.05, 0.1) is 11.4 Å². The van der Waals surface area contributed by atoms with Gasteiger partial charge in [0.15, 0.2) is 0 Å². The molecule has 0 bridgehead atoms. The molecule has 0 amide bonds. The lowest BCUT2D eigenvalue weighted by Gasteiger charge is -2.05. The summed E-state index contributed by atoms with van der Waals surface area (Å²) in [5.74, 6) is -0.194. The van der Waals surface area contributed by atoms with Crippen LogP contribution in [0.2, 0.25) is 0 Å². The zero-order valence-corrected chi connectivity index (χ0v) is 14.1. The van der Waals surface area contributed by atoms with E-state index in [-0.39, 0.29) is 5.82 Å². The van der Waals surface area contributed by atoms with Crippen molar-refractivity contribution in [1.29, 1.82) is 0 Å². The second-order valence-corrected chi connectivity index (χ2v) is 6.67. The van der Waals surface area contributed by atoms with Gasteiger partial charge in [-0.1, -0.05) is 42.5 Å². The Hall–Kier alpha value is -2.39. The fourth-order valence-corrected chi connectivity index (χ4v) is 3.47. The summed E-state index contributed by atoms with van der Waals surface area (Å²) in [6.45, 7) is 0. The Morgan fingerprint density at radius 3 is 2.42 bits per heavy atom. The average molecular weight is 333 g/mol. The second kappa shape index (κ2) is 6.25. The summed E-state index contributed by atoms with van der Waals surface area (Å²) >= 11 is 1.75. The van der Waals surface area contributed by atoms with E-state index < -0.39 is 0 Å². The van der Waals surface area contributed by atoms with E-state index >= 15 is 0 Å². The van der Waals surface area contributed by atoms with E-state index in [1.807, 2.05) is 30.3 Å². The van der Waals surface area contributed by atoms with Gasteiger partial charge in [0, 0.05) is 16.9 Å². The van der Waals surface area contributed by atoms with Gasteiger partial charge in [0.25, 0.3) is 0 Å². The first-order valence-corrected chi connectivity index (χ1v) is 9.07. The van der Waals surface area contributed by atoms with E-state index in [0.717, 1.165) is 28.9 Å². The van der Waals surface area contributed by atoms with Crippen LogP contribution in [-0.4, -0.2) is 12.0 Å². The van der Waals surface area contributed by atoms with Crippen molar-refractivity contribution in [1.82, 2.24) is 0 Å². The number of halogens is 1. The van der Waals surface area contributed by atoms with Gasteiger partial charge < -0.3 is 0 Å². The van der Waals surface area contributed by atoms with Crippen molar-refractivity contribution < 1.29 is 4.39 Å². The molecule has 0 atom stereocenters. The first-order valence-electron chi connectivity index (χ1n) is 7.84. The smallest absolute Gasteiger partial charge is 0.131 e. The van der Waals surface area contributed by atoms with E-state index in [1.165, 1.54) is 16.5 Å². The summed E-state index contributed by atoms with van der Waals surface area (Å²) in [6.07, 6.45) is 2.93. The zero-order valence-electron chi connectivity index (χ0n) is 13.3. The van der Waals surface area contributed by atoms with E-state index in [2.05, 4.69) is 24.5 Å². The molecule has 4 rings (SSSR count). The third-order valence-corrected chi connectivity index (χ3v) is 5.03. The van der Waals surface area contributed by atoms with Gasteiger partial charge in [-0.15, -0.1) is 11.8 Å². The van der Waals surface area contributed by atoms with Crippen LogP contribution in [0.1, 0.15) is 11.1 Å². The number of fused-ring (bicyclic) bond motifs is 1. The molecular weight excluding hydrogens is 317 g/mol. The molecule has 0 N–H and O–H groups in total. The van der Waals surface area contributed by atoms with Crippen molar-refractivity contribution in [2.45, 2.75) is 11.3 Å². The molecule has 0 unspecified atom stereocenters. The van der Waals surface area contributed by atoms with Gasteiger partial charge in [0.2, 0.25) is 0 Å². The highest BCUT2D eigenvalue weighted by atomic mass is 32.2. The molecule has 0 aromatic heterocycles.